The molecule has 0 saturated heterocycles. The van der Waals surface area contributed by atoms with Gasteiger partial charge in [-0.3, -0.25) is 4.79 Å². The van der Waals surface area contributed by atoms with Crippen LogP contribution in [-0.4, -0.2) is 26.1 Å². The van der Waals surface area contributed by atoms with Gasteiger partial charge in [0.05, 0.1) is 5.56 Å². The Hall–Kier alpha value is -2.44. The molecule has 7 heteroatoms. The van der Waals surface area contributed by atoms with E-state index in [1.54, 1.807) is 31.1 Å². The summed E-state index contributed by atoms with van der Waals surface area (Å²) >= 11 is 0. The lowest BCUT2D eigenvalue weighted by Gasteiger charge is -2.15. The number of anilines is 1. The Morgan fingerprint density at radius 3 is 2.26 bits per heavy atom. The molecular weight excluding hydrogens is 317 g/mol. The quantitative estimate of drug-likeness (QED) is 0.613. The minimum atomic E-state index is -5.36. The molecule has 2 aromatic carbocycles. The molecule has 0 saturated carbocycles. The summed E-state index contributed by atoms with van der Waals surface area (Å²) in [5, 5.41) is 0. The van der Waals surface area contributed by atoms with Gasteiger partial charge in [0.15, 0.2) is 0 Å². The third-order valence-corrected chi connectivity index (χ3v) is 3.25. The maximum atomic E-state index is 14.4. The normalized spacial score (nSPS) is 11.4. The minimum Gasteiger partial charge on any atom is -0.378 e. The number of alkyl halides is 3. The van der Waals surface area contributed by atoms with Crippen molar-refractivity contribution in [3.8, 4) is 11.1 Å². The second kappa shape index (κ2) is 5.98. The molecule has 0 bridgehead atoms. The summed E-state index contributed by atoms with van der Waals surface area (Å²) in [5.74, 6) is -5.61. The zero-order valence-electron chi connectivity index (χ0n) is 12.2. The van der Waals surface area contributed by atoms with Crippen molar-refractivity contribution in [3.05, 3.63) is 53.6 Å². The number of carbonyl (C=O) groups is 1. The summed E-state index contributed by atoms with van der Waals surface area (Å²) in [7, 11) is 3.47. The highest BCUT2D eigenvalue weighted by Crippen LogP contribution is 2.32. The Bertz CT molecular complexity index is 753. The molecule has 0 atom stereocenters. The van der Waals surface area contributed by atoms with Gasteiger partial charge in [0, 0.05) is 25.3 Å². The molecule has 23 heavy (non-hydrogen) atoms. The number of ketones is 1. The summed E-state index contributed by atoms with van der Waals surface area (Å²) in [4.78, 5) is 13.0. The van der Waals surface area contributed by atoms with Crippen molar-refractivity contribution >= 4 is 11.5 Å². The van der Waals surface area contributed by atoms with E-state index in [1.807, 2.05) is 0 Å². The van der Waals surface area contributed by atoms with Crippen LogP contribution < -0.4 is 4.90 Å². The van der Waals surface area contributed by atoms with Gasteiger partial charge in [-0.15, -0.1) is 0 Å². The fourth-order valence-electron chi connectivity index (χ4n) is 2.08. The molecule has 2 rings (SSSR count). The van der Waals surface area contributed by atoms with Gasteiger partial charge >= 0.3 is 6.18 Å². The second-order valence-electron chi connectivity index (χ2n) is 5.06. The molecule has 0 aliphatic rings. The number of hydrogen-bond donors (Lipinski definition) is 0. The lowest BCUT2D eigenvalue weighted by atomic mass is 9.99. The average Bonchev–Trinajstić information content (AvgIpc) is 2.46. The minimum absolute atomic E-state index is 0.241. The second-order valence-corrected chi connectivity index (χ2v) is 5.06. The maximum Gasteiger partial charge on any atom is 0.455 e. The van der Waals surface area contributed by atoms with Crippen LogP contribution in [0.2, 0.25) is 0 Å². The Morgan fingerprint density at radius 1 is 1.04 bits per heavy atom. The number of nitrogens with zero attached hydrogens (tertiary/aromatic N) is 1. The van der Waals surface area contributed by atoms with E-state index >= 15 is 0 Å². The summed E-state index contributed by atoms with van der Waals surface area (Å²) in [6.07, 6.45) is -5.36. The zero-order chi connectivity index (χ0) is 17.4. The Kier molecular flexibility index (Phi) is 4.40. The Labute approximate surface area is 129 Å². The van der Waals surface area contributed by atoms with Crippen LogP contribution in [0.4, 0.5) is 27.6 Å². The van der Waals surface area contributed by atoms with E-state index in [0.29, 0.717) is 11.8 Å². The van der Waals surface area contributed by atoms with Gasteiger partial charge in [0.25, 0.3) is 5.78 Å². The maximum absolute atomic E-state index is 14.4. The number of halogens is 5. The van der Waals surface area contributed by atoms with E-state index < -0.39 is 29.2 Å². The lowest BCUT2D eigenvalue weighted by molar-refractivity contribution is -0.0890. The van der Waals surface area contributed by atoms with Crippen LogP contribution in [0.5, 0.6) is 0 Å². The fourth-order valence-corrected chi connectivity index (χ4v) is 2.08. The standard InChI is InChI=1S/C16H12F5NO/c1-22(2)10-5-3-4-9(8-10)11-6-7-12(17)13(14(11)18)15(23)16(19,20)21/h3-8H,1-2H3. The molecule has 0 fully saturated rings. The molecule has 0 N–H and O–H groups in total. The van der Waals surface area contributed by atoms with Crippen molar-refractivity contribution in [2.24, 2.45) is 0 Å². The average molecular weight is 329 g/mol. The van der Waals surface area contributed by atoms with Crippen LogP contribution in [0.15, 0.2) is 36.4 Å². The van der Waals surface area contributed by atoms with E-state index in [0.717, 1.165) is 6.07 Å². The molecule has 0 radical (unpaired) electrons. The van der Waals surface area contributed by atoms with E-state index in [-0.39, 0.29) is 11.1 Å². The molecule has 0 aliphatic heterocycles. The molecule has 0 spiro atoms. The number of Topliss-reactive ketones (excluding diaryl/α,β-unsaturated/α-hetero) is 1. The molecule has 2 aromatic rings. The largest absolute Gasteiger partial charge is 0.455 e. The molecule has 0 amide bonds. The Balaban J connectivity index is 2.63. The van der Waals surface area contributed by atoms with E-state index in [2.05, 4.69) is 0 Å². The molecule has 0 aliphatic carbocycles. The molecule has 0 unspecified atom stereocenters. The van der Waals surface area contributed by atoms with Crippen molar-refractivity contribution in [1.29, 1.82) is 0 Å². The fraction of sp³-hybridized carbons (Fsp3) is 0.188. The van der Waals surface area contributed by atoms with Crippen LogP contribution in [-0.2, 0) is 0 Å². The van der Waals surface area contributed by atoms with Gasteiger partial charge in [0.1, 0.15) is 11.6 Å². The van der Waals surface area contributed by atoms with Crippen LogP contribution in [0.25, 0.3) is 11.1 Å². The van der Waals surface area contributed by atoms with Gasteiger partial charge < -0.3 is 4.90 Å². The third-order valence-electron chi connectivity index (χ3n) is 3.25. The number of rotatable bonds is 3. The topological polar surface area (TPSA) is 20.3 Å². The van der Waals surface area contributed by atoms with E-state index in [9.17, 15) is 26.7 Å². The highest BCUT2D eigenvalue weighted by atomic mass is 19.4. The molecular formula is C16H12F5NO. The van der Waals surface area contributed by atoms with Crippen molar-refractivity contribution in [1.82, 2.24) is 0 Å². The van der Waals surface area contributed by atoms with Crippen molar-refractivity contribution in [2.45, 2.75) is 6.18 Å². The van der Waals surface area contributed by atoms with Crippen LogP contribution in [0.3, 0.4) is 0 Å². The SMILES string of the molecule is CN(C)c1cccc(-c2ccc(F)c(C(=O)C(F)(F)F)c2F)c1. The predicted molar refractivity (Wildman–Crippen MR) is 76.5 cm³/mol. The van der Waals surface area contributed by atoms with Gasteiger partial charge in [-0.25, -0.2) is 8.78 Å². The highest BCUT2D eigenvalue weighted by molar-refractivity contribution is 6.01. The van der Waals surface area contributed by atoms with Crippen LogP contribution in [0.1, 0.15) is 10.4 Å². The zero-order valence-corrected chi connectivity index (χ0v) is 12.2. The number of carbonyl (C=O) groups excluding carboxylic acids is 1. The van der Waals surface area contributed by atoms with Gasteiger partial charge in [-0.2, -0.15) is 13.2 Å². The van der Waals surface area contributed by atoms with Crippen LogP contribution in [0, 0.1) is 11.6 Å². The van der Waals surface area contributed by atoms with Gasteiger partial charge in [-0.05, 0) is 29.8 Å². The first-order valence-corrected chi connectivity index (χ1v) is 6.50. The number of benzene rings is 2. The van der Waals surface area contributed by atoms with Crippen molar-refractivity contribution in [3.63, 3.8) is 0 Å². The summed E-state index contributed by atoms with van der Waals surface area (Å²) in [6.45, 7) is 0. The van der Waals surface area contributed by atoms with E-state index in [4.69, 9.17) is 0 Å². The molecule has 0 aromatic heterocycles. The third kappa shape index (κ3) is 3.33. The smallest absolute Gasteiger partial charge is 0.378 e. The lowest BCUT2D eigenvalue weighted by Crippen LogP contribution is -2.25. The van der Waals surface area contributed by atoms with Gasteiger partial charge in [-0.1, -0.05) is 12.1 Å². The first-order valence-electron chi connectivity index (χ1n) is 6.50. The Morgan fingerprint density at radius 2 is 1.70 bits per heavy atom. The monoisotopic (exact) mass is 329 g/mol. The van der Waals surface area contributed by atoms with Gasteiger partial charge in [0.2, 0.25) is 0 Å². The molecule has 122 valence electrons. The first kappa shape index (κ1) is 16.9. The summed E-state index contributed by atoms with van der Waals surface area (Å²) in [6, 6.07) is 7.95. The first-order chi connectivity index (χ1) is 10.6. The molecule has 0 heterocycles. The molecule has 2 nitrogen and oxygen atoms in total. The predicted octanol–water partition coefficient (Wildman–Crippen LogP) is 4.44. The van der Waals surface area contributed by atoms with Crippen LogP contribution >= 0.6 is 0 Å². The van der Waals surface area contributed by atoms with Crippen molar-refractivity contribution < 1.29 is 26.7 Å². The van der Waals surface area contributed by atoms with E-state index in [1.165, 1.54) is 12.1 Å². The number of hydrogen-bond acceptors (Lipinski definition) is 2. The summed E-state index contributed by atoms with van der Waals surface area (Å²) in [5.41, 5.74) is -0.951. The summed E-state index contributed by atoms with van der Waals surface area (Å²) < 4.78 is 65.5. The highest BCUT2D eigenvalue weighted by Gasteiger charge is 2.42. The van der Waals surface area contributed by atoms with Crippen molar-refractivity contribution in [2.75, 3.05) is 19.0 Å².